The van der Waals surface area contributed by atoms with Crippen molar-refractivity contribution in [3.63, 3.8) is 0 Å². The predicted molar refractivity (Wildman–Crippen MR) is 240 cm³/mol. The largest absolute Gasteiger partial charge is 0.449 e. The number of ether oxygens (including phenoxy) is 2. The van der Waals surface area contributed by atoms with E-state index in [2.05, 4.69) is 172 Å². The molecule has 0 atom stereocenters. The van der Waals surface area contributed by atoms with E-state index in [9.17, 15) is 0 Å². The van der Waals surface area contributed by atoms with Crippen LogP contribution in [0.3, 0.4) is 0 Å². The molecule has 12 rings (SSSR count). The van der Waals surface area contributed by atoms with E-state index in [1.807, 2.05) is 24.3 Å². The maximum absolute atomic E-state index is 6.94. The van der Waals surface area contributed by atoms with E-state index in [4.69, 9.17) is 19.4 Å². The third-order valence-electron chi connectivity index (χ3n) is 12.4. The maximum Gasteiger partial charge on any atom is 0.178 e. The molecule has 2 aliphatic rings. The molecule has 4 nitrogen and oxygen atoms in total. The minimum atomic E-state index is -0.140. The molecule has 9 aromatic carbocycles. The van der Waals surface area contributed by atoms with Gasteiger partial charge < -0.3 is 9.47 Å². The van der Waals surface area contributed by atoms with Crippen LogP contribution in [0.5, 0.6) is 23.0 Å². The van der Waals surface area contributed by atoms with Crippen molar-refractivity contribution in [1.82, 2.24) is 9.97 Å². The number of para-hydroxylation sites is 1. The van der Waals surface area contributed by atoms with Crippen LogP contribution in [0, 0.1) is 0 Å². The zero-order chi connectivity index (χ0) is 39.2. The Kier molecular flexibility index (Phi) is 7.24. The molecule has 1 aliphatic carbocycles. The van der Waals surface area contributed by atoms with E-state index in [1.54, 1.807) is 0 Å². The molecule has 0 bridgehead atoms. The molecule has 0 amide bonds. The van der Waals surface area contributed by atoms with E-state index >= 15 is 0 Å². The molecular weight excluding hydrogens is 721 g/mol. The van der Waals surface area contributed by atoms with Gasteiger partial charge in [-0.15, -0.1) is 0 Å². The topological polar surface area (TPSA) is 44.2 Å². The molecule has 59 heavy (non-hydrogen) atoms. The van der Waals surface area contributed by atoms with Crippen LogP contribution in [0.2, 0.25) is 0 Å². The molecule has 0 spiro atoms. The van der Waals surface area contributed by atoms with Crippen molar-refractivity contribution in [2.75, 3.05) is 0 Å². The fourth-order valence-corrected chi connectivity index (χ4v) is 9.42. The predicted octanol–water partition coefficient (Wildman–Crippen LogP) is 14.8. The van der Waals surface area contributed by atoms with Crippen molar-refractivity contribution in [1.29, 1.82) is 0 Å². The van der Waals surface area contributed by atoms with Gasteiger partial charge in [-0.1, -0.05) is 172 Å². The summed E-state index contributed by atoms with van der Waals surface area (Å²) in [5.41, 5.74) is 11.4. The van der Waals surface area contributed by atoms with Crippen LogP contribution in [-0.4, -0.2) is 9.97 Å². The SMILES string of the molecule is CC1(C)c2ccccc2-c2c1ccc1c2Oc2c(cccc2-c2ccc(-c3cc(-c4ccccc4)nc(-c4ccc5c6ccccc6c6ccccc6c5c4)n3)cc2)O1. The Morgan fingerprint density at radius 2 is 0.932 bits per heavy atom. The Morgan fingerprint density at radius 3 is 1.66 bits per heavy atom. The van der Waals surface area contributed by atoms with E-state index in [1.165, 1.54) is 49.0 Å². The fraction of sp³-hybridized carbons (Fsp3) is 0.0545. The lowest BCUT2D eigenvalue weighted by Crippen LogP contribution is -2.15. The summed E-state index contributed by atoms with van der Waals surface area (Å²) in [4.78, 5) is 10.4. The average molecular weight is 757 g/mol. The lowest BCUT2D eigenvalue weighted by atomic mass is 9.82. The van der Waals surface area contributed by atoms with Crippen molar-refractivity contribution in [2.45, 2.75) is 19.3 Å². The number of rotatable bonds is 4. The first kappa shape index (κ1) is 33.6. The summed E-state index contributed by atoms with van der Waals surface area (Å²) in [6.07, 6.45) is 0. The van der Waals surface area contributed by atoms with E-state index in [-0.39, 0.29) is 5.41 Å². The van der Waals surface area contributed by atoms with Crippen molar-refractivity contribution in [3.05, 3.63) is 193 Å². The summed E-state index contributed by atoms with van der Waals surface area (Å²) in [6, 6.07) is 64.0. The normalized spacial score (nSPS) is 13.3. The Morgan fingerprint density at radius 1 is 0.373 bits per heavy atom. The highest BCUT2D eigenvalue weighted by Crippen LogP contribution is 2.59. The van der Waals surface area contributed by atoms with Crippen LogP contribution in [-0.2, 0) is 5.41 Å². The van der Waals surface area contributed by atoms with Gasteiger partial charge >= 0.3 is 0 Å². The number of hydrogen-bond acceptors (Lipinski definition) is 4. The molecule has 0 radical (unpaired) electrons. The molecule has 0 N–H and O–H groups in total. The molecule has 1 aromatic heterocycles. The summed E-state index contributed by atoms with van der Waals surface area (Å²) in [5.74, 6) is 3.61. The first-order valence-electron chi connectivity index (χ1n) is 20.1. The second kappa shape index (κ2) is 12.7. The Hall–Kier alpha value is -7.56. The van der Waals surface area contributed by atoms with Crippen LogP contribution >= 0.6 is 0 Å². The highest BCUT2D eigenvalue weighted by Gasteiger charge is 2.39. The minimum Gasteiger partial charge on any atom is -0.449 e. The van der Waals surface area contributed by atoms with Gasteiger partial charge in [-0.25, -0.2) is 9.97 Å². The van der Waals surface area contributed by atoms with Gasteiger partial charge in [0.05, 0.1) is 11.4 Å². The summed E-state index contributed by atoms with van der Waals surface area (Å²) >= 11 is 0. The van der Waals surface area contributed by atoms with Crippen LogP contribution in [0.25, 0.3) is 88.5 Å². The van der Waals surface area contributed by atoms with Crippen molar-refractivity contribution in [3.8, 4) is 79.2 Å². The summed E-state index contributed by atoms with van der Waals surface area (Å²) in [5, 5.41) is 7.37. The molecule has 278 valence electrons. The second-order valence-electron chi connectivity index (χ2n) is 16.1. The number of fused-ring (bicyclic) bond motifs is 12. The molecule has 0 saturated carbocycles. The molecule has 0 saturated heterocycles. The lowest BCUT2D eigenvalue weighted by molar-refractivity contribution is 0.361. The Balaban J connectivity index is 0.953. The zero-order valence-electron chi connectivity index (χ0n) is 32.5. The van der Waals surface area contributed by atoms with Crippen molar-refractivity contribution < 1.29 is 9.47 Å². The highest BCUT2D eigenvalue weighted by atomic mass is 16.6. The third-order valence-corrected chi connectivity index (χ3v) is 12.4. The Bertz CT molecular complexity index is 3320. The van der Waals surface area contributed by atoms with Crippen LogP contribution in [0.15, 0.2) is 182 Å². The van der Waals surface area contributed by atoms with Gasteiger partial charge in [0.2, 0.25) is 0 Å². The third kappa shape index (κ3) is 5.16. The highest BCUT2D eigenvalue weighted by molar-refractivity contribution is 6.25. The van der Waals surface area contributed by atoms with Crippen LogP contribution in [0.4, 0.5) is 0 Å². The van der Waals surface area contributed by atoms with E-state index in [0.29, 0.717) is 11.6 Å². The monoisotopic (exact) mass is 756 g/mol. The molecular formula is C55H36N2O2. The molecule has 0 fully saturated rings. The molecule has 0 unspecified atom stereocenters. The van der Waals surface area contributed by atoms with Gasteiger partial charge in [-0.05, 0) is 78.8 Å². The Labute approximate surface area is 342 Å². The molecule has 2 heterocycles. The van der Waals surface area contributed by atoms with Crippen LogP contribution < -0.4 is 9.47 Å². The van der Waals surface area contributed by atoms with Gasteiger partial charge in [-0.3, -0.25) is 0 Å². The summed E-state index contributed by atoms with van der Waals surface area (Å²) < 4.78 is 13.5. The zero-order valence-corrected chi connectivity index (χ0v) is 32.5. The quantitative estimate of drug-likeness (QED) is 0.168. The number of nitrogens with zero attached hydrogens (tertiary/aromatic N) is 2. The van der Waals surface area contributed by atoms with Gasteiger partial charge in [0.15, 0.2) is 28.8 Å². The summed E-state index contributed by atoms with van der Waals surface area (Å²) in [6.45, 7) is 4.56. The van der Waals surface area contributed by atoms with Crippen LogP contribution in [0.1, 0.15) is 25.0 Å². The number of aromatic nitrogens is 2. The maximum atomic E-state index is 6.94. The van der Waals surface area contributed by atoms with Gasteiger partial charge in [0.1, 0.15) is 0 Å². The molecule has 4 heteroatoms. The number of hydrogen-bond donors (Lipinski definition) is 0. The standard InChI is InChI=1S/C55H36N2O2/c1-55(2)45-21-11-10-19-43(45)51-46(55)29-30-50-53(51)59-52-37(20-12-22-49(52)58-50)33-23-25-35(26-24-33)48-32-47(34-13-4-3-5-14-34)56-54(57-48)36-27-28-42-40-17-7-6-15-38(40)39-16-8-9-18-41(39)44(42)31-36/h3-32H,1-2H3. The smallest absolute Gasteiger partial charge is 0.178 e. The minimum absolute atomic E-state index is 0.140. The summed E-state index contributed by atoms with van der Waals surface area (Å²) in [7, 11) is 0. The molecule has 10 aromatic rings. The average Bonchev–Trinajstić information content (AvgIpc) is 3.54. The van der Waals surface area contributed by atoms with Gasteiger partial charge in [-0.2, -0.15) is 0 Å². The van der Waals surface area contributed by atoms with E-state index in [0.717, 1.165) is 62.0 Å². The lowest BCUT2D eigenvalue weighted by Gasteiger charge is -2.26. The van der Waals surface area contributed by atoms with Gasteiger partial charge in [0.25, 0.3) is 0 Å². The first-order chi connectivity index (χ1) is 29.0. The molecule has 1 aliphatic heterocycles. The second-order valence-corrected chi connectivity index (χ2v) is 16.1. The van der Waals surface area contributed by atoms with Crippen molar-refractivity contribution >= 4 is 32.3 Å². The first-order valence-corrected chi connectivity index (χ1v) is 20.1. The fourth-order valence-electron chi connectivity index (χ4n) is 9.42. The van der Waals surface area contributed by atoms with E-state index < -0.39 is 0 Å². The van der Waals surface area contributed by atoms with Gasteiger partial charge in [0, 0.05) is 33.2 Å². The number of benzene rings is 9. The van der Waals surface area contributed by atoms with Crippen molar-refractivity contribution in [2.24, 2.45) is 0 Å².